The fraction of sp³-hybridized carbons (Fsp3) is 0.833. The van der Waals surface area contributed by atoms with Crippen LogP contribution in [0.4, 0.5) is 22.4 Å². The van der Waals surface area contributed by atoms with Crippen molar-refractivity contribution in [2.45, 2.75) is 63.5 Å². The van der Waals surface area contributed by atoms with E-state index in [1.54, 1.807) is 20.8 Å². The SMILES string of the molecule is CC(C)(C)[C@]1(C(=O)N2CCN(C(=O)C(F)(F)F)C3(CC3)C2)C[C@@H](F)CN1C(=O)O. The van der Waals surface area contributed by atoms with Crippen LogP contribution in [0, 0.1) is 5.41 Å². The molecule has 11 heteroatoms. The van der Waals surface area contributed by atoms with Gasteiger partial charge < -0.3 is 14.9 Å². The van der Waals surface area contributed by atoms with Gasteiger partial charge in [-0.15, -0.1) is 0 Å². The van der Waals surface area contributed by atoms with E-state index in [9.17, 15) is 37.1 Å². The molecule has 0 radical (unpaired) electrons. The zero-order chi connectivity index (χ0) is 22.0. The highest BCUT2D eigenvalue weighted by molar-refractivity contribution is 5.92. The molecule has 2 heterocycles. The summed E-state index contributed by atoms with van der Waals surface area (Å²) in [6.45, 7) is 3.94. The summed E-state index contributed by atoms with van der Waals surface area (Å²) < 4.78 is 53.1. The number of likely N-dealkylation sites (tertiary alicyclic amines) is 1. The van der Waals surface area contributed by atoms with Gasteiger partial charge in [0.05, 0.1) is 12.1 Å². The Hall–Kier alpha value is -2.07. The van der Waals surface area contributed by atoms with E-state index in [4.69, 9.17) is 0 Å². The number of amides is 3. The van der Waals surface area contributed by atoms with Crippen LogP contribution in [0.15, 0.2) is 0 Å². The molecule has 1 aliphatic carbocycles. The second kappa shape index (κ2) is 6.46. The van der Waals surface area contributed by atoms with Crippen molar-refractivity contribution in [1.82, 2.24) is 14.7 Å². The third-order valence-electron chi connectivity index (χ3n) is 6.44. The first-order chi connectivity index (χ1) is 13.2. The molecule has 0 aromatic rings. The van der Waals surface area contributed by atoms with Crippen molar-refractivity contribution in [2.75, 3.05) is 26.2 Å². The lowest BCUT2D eigenvalue weighted by atomic mass is 9.70. The van der Waals surface area contributed by atoms with Gasteiger partial charge in [-0.05, 0) is 18.3 Å². The molecule has 2 saturated heterocycles. The molecule has 3 aliphatic rings. The van der Waals surface area contributed by atoms with Crippen molar-refractivity contribution in [1.29, 1.82) is 0 Å². The summed E-state index contributed by atoms with van der Waals surface area (Å²) in [4.78, 5) is 40.0. The Morgan fingerprint density at radius 2 is 1.62 bits per heavy atom. The number of alkyl halides is 4. The lowest BCUT2D eigenvalue weighted by Gasteiger charge is -2.50. The van der Waals surface area contributed by atoms with Crippen LogP contribution < -0.4 is 0 Å². The molecule has 164 valence electrons. The summed E-state index contributed by atoms with van der Waals surface area (Å²) in [7, 11) is 0. The fourth-order valence-corrected chi connectivity index (χ4v) is 4.78. The average Bonchev–Trinajstić information content (AvgIpc) is 3.22. The van der Waals surface area contributed by atoms with Crippen LogP contribution in [0.25, 0.3) is 0 Å². The molecule has 1 saturated carbocycles. The molecule has 0 unspecified atom stereocenters. The molecule has 3 rings (SSSR count). The summed E-state index contributed by atoms with van der Waals surface area (Å²) in [5.41, 5.74) is -3.69. The first kappa shape index (κ1) is 21.6. The smallest absolute Gasteiger partial charge is 0.465 e. The molecule has 1 spiro atoms. The largest absolute Gasteiger partial charge is 0.471 e. The highest BCUT2D eigenvalue weighted by Gasteiger charge is 2.64. The van der Waals surface area contributed by atoms with E-state index in [0.29, 0.717) is 12.8 Å². The highest BCUT2D eigenvalue weighted by atomic mass is 19.4. The van der Waals surface area contributed by atoms with Gasteiger partial charge in [-0.2, -0.15) is 13.2 Å². The number of rotatable bonds is 1. The van der Waals surface area contributed by atoms with Gasteiger partial charge >= 0.3 is 18.2 Å². The van der Waals surface area contributed by atoms with Crippen LogP contribution in [0.3, 0.4) is 0 Å². The van der Waals surface area contributed by atoms with Crippen LogP contribution in [0.5, 0.6) is 0 Å². The molecule has 29 heavy (non-hydrogen) atoms. The first-order valence-corrected chi connectivity index (χ1v) is 9.48. The Bertz CT molecular complexity index is 732. The van der Waals surface area contributed by atoms with Crippen LogP contribution in [-0.4, -0.2) is 87.3 Å². The number of carboxylic acid groups (broad SMARTS) is 1. The van der Waals surface area contributed by atoms with Gasteiger partial charge in [0.2, 0.25) is 5.91 Å². The topological polar surface area (TPSA) is 81.2 Å². The average molecular weight is 423 g/mol. The van der Waals surface area contributed by atoms with Crippen molar-refractivity contribution >= 4 is 17.9 Å². The Morgan fingerprint density at radius 1 is 1.03 bits per heavy atom. The molecular formula is C18H25F4N3O4. The summed E-state index contributed by atoms with van der Waals surface area (Å²) >= 11 is 0. The van der Waals surface area contributed by atoms with Gasteiger partial charge in [-0.25, -0.2) is 9.18 Å². The normalized spacial score (nSPS) is 29.3. The quantitative estimate of drug-likeness (QED) is 0.656. The van der Waals surface area contributed by atoms with E-state index in [-0.39, 0.29) is 26.1 Å². The number of carbonyl (C=O) groups excluding carboxylic acids is 2. The minimum atomic E-state index is -5.00. The van der Waals surface area contributed by atoms with E-state index in [2.05, 4.69) is 0 Å². The lowest BCUT2D eigenvalue weighted by molar-refractivity contribution is -0.192. The van der Waals surface area contributed by atoms with E-state index in [1.165, 1.54) is 4.90 Å². The number of piperazine rings is 1. The fourth-order valence-electron chi connectivity index (χ4n) is 4.78. The third kappa shape index (κ3) is 3.31. The second-order valence-corrected chi connectivity index (χ2v) is 9.21. The van der Waals surface area contributed by atoms with Gasteiger partial charge in [0.25, 0.3) is 0 Å². The van der Waals surface area contributed by atoms with Gasteiger partial charge in [0, 0.05) is 26.1 Å². The molecule has 1 N–H and O–H groups in total. The zero-order valence-corrected chi connectivity index (χ0v) is 16.6. The standard InChI is InChI=1S/C18H25F4N3O4/c1-15(2,3)17(8-11(19)9-25(17)14(28)29)12(26)23-6-7-24(13(27)18(20,21)22)16(10-23)4-5-16/h11H,4-10H2,1-3H3,(H,28,29)/t11-,17-/m1/s1. The molecular weight excluding hydrogens is 398 g/mol. The number of hydrogen-bond acceptors (Lipinski definition) is 3. The molecule has 3 amide bonds. The number of halogens is 4. The maximum Gasteiger partial charge on any atom is 0.471 e. The summed E-state index contributed by atoms with van der Waals surface area (Å²) in [6, 6.07) is 0. The van der Waals surface area contributed by atoms with E-state index in [1.807, 2.05) is 0 Å². The van der Waals surface area contributed by atoms with Crippen molar-refractivity contribution in [3.8, 4) is 0 Å². The number of nitrogens with zero attached hydrogens (tertiary/aromatic N) is 3. The van der Waals surface area contributed by atoms with Crippen molar-refractivity contribution in [2.24, 2.45) is 5.41 Å². The monoisotopic (exact) mass is 423 g/mol. The van der Waals surface area contributed by atoms with Crippen molar-refractivity contribution in [3.05, 3.63) is 0 Å². The number of carbonyl (C=O) groups is 3. The summed E-state index contributed by atoms with van der Waals surface area (Å²) in [6.07, 6.45) is -7.58. The zero-order valence-electron chi connectivity index (χ0n) is 16.6. The molecule has 2 aliphatic heterocycles. The molecule has 0 aromatic carbocycles. The lowest BCUT2D eigenvalue weighted by Crippen LogP contribution is -2.68. The van der Waals surface area contributed by atoms with Crippen molar-refractivity contribution < 1.29 is 37.1 Å². The van der Waals surface area contributed by atoms with Crippen molar-refractivity contribution in [3.63, 3.8) is 0 Å². The van der Waals surface area contributed by atoms with Gasteiger partial charge in [0.1, 0.15) is 11.7 Å². The predicted octanol–water partition coefficient (Wildman–Crippen LogP) is 2.26. The molecule has 0 bridgehead atoms. The van der Waals surface area contributed by atoms with Gasteiger partial charge in [-0.3, -0.25) is 14.5 Å². The molecule has 7 nitrogen and oxygen atoms in total. The molecule has 2 atom stereocenters. The first-order valence-electron chi connectivity index (χ1n) is 9.48. The highest BCUT2D eigenvalue weighted by Crippen LogP contribution is 2.49. The Morgan fingerprint density at radius 3 is 2.07 bits per heavy atom. The van der Waals surface area contributed by atoms with E-state index in [0.717, 1.165) is 9.80 Å². The molecule has 3 fully saturated rings. The maximum atomic E-state index is 14.3. The summed E-state index contributed by atoms with van der Waals surface area (Å²) in [5.74, 6) is -2.54. The van der Waals surface area contributed by atoms with Crippen LogP contribution >= 0.6 is 0 Å². The Kier molecular flexibility index (Phi) is 4.82. The van der Waals surface area contributed by atoms with Gasteiger partial charge in [-0.1, -0.05) is 20.8 Å². The van der Waals surface area contributed by atoms with Crippen LogP contribution in [0.1, 0.15) is 40.0 Å². The third-order valence-corrected chi connectivity index (χ3v) is 6.44. The maximum absolute atomic E-state index is 14.3. The van der Waals surface area contributed by atoms with E-state index >= 15 is 0 Å². The summed E-state index contributed by atoms with van der Waals surface area (Å²) in [5, 5.41) is 9.61. The minimum absolute atomic E-state index is 0.115. The van der Waals surface area contributed by atoms with Crippen LogP contribution in [-0.2, 0) is 9.59 Å². The second-order valence-electron chi connectivity index (χ2n) is 9.21. The Labute approximate surface area is 165 Å². The molecule has 0 aromatic heterocycles. The minimum Gasteiger partial charge on any atom is -0.465 e. The van der Waals surface area contributed by atoms with E-state index < -0.39 is 53.3 Å². The van der Waals surface area contributed by atoms with Gasteiger partial charge in [0.15, 0.2) is 0 Å². The number of hydrogen-bond donors (Lipinski definition) is 1. The Balaban J connectivity index is 1.90. The predicted molar refractivity (Wildman–Crippen MR) is 92.7 cm³/mol. The van der Waals surface area contributed by atoms with Crippen LogP contribution in [0.2, 0.25) is 0 Å².